The molecule has 0 fully saturated rings. The largest absolute Gasteiger partial charge is 0.493 e. The van der Waals surface area contributed by atoms with Gasteiger partial charge in [-0.05, 0) is 24.7 Å². The zero-order valence-electron chi connectivity index (χ0n) is 10.1. The Bertz CT molecular complexity index is 315. The van der Waals surface area contributed by atoms with E-state index in [1.54, 1.807) is 14.2 Å². The van der Waals surface area contributed by atoms with E-state index in [4.69, 9.17) is 14.2 Å². The minimum absolute atomic E-state index is 0.526. The molecule has 90 valence electrons. The highest BCUT2D eigenvalue weighted by Crippen LogP contribution is 2.27. The van der Waals surface area contributed by atoms with Crippen LogP contribution in [0.3, 0.4) is 0 Å². The van der Waals surface area contributed by atoms with Crippen molar-refractivity contribution in [3.8, 4) is 11.5 Å². The van der Waals surface area contributed by atoms with Gasteiger partial charge in [0.1, 0.15) is 6.61 Å². The van der Waals surface area contributed by atoms with E-state index in [-0.39, 0.29) is 0 Å². The van der Waals surface area contributed by atoms with Crippen LogP contribution in [0.15, 0.2) is 18.2 Å². The molecule has 0 saturated carbocycles. The lowest BCUT2D eigenvalue weighted by molar-refractivity contribution is 0.144. The molecule has 0 aliphatic carbocycles. The third kappa shape index (κ3) is 3.72. The molecule has 4 nitrogen and oxygen atoms in total. The van der Waals surface area contributed by atoms with E-state index in [0.717, 1.165) is 18.0 Å². The molecule has 0 radical (unpaired) electrons. The van der Waals surface area contributed by atoms with Crippen LogP contribution in [-0.2, 0) is 11.3 Å². The molecule has 0 amide bonds. The minimum atomic E-state index is 0.526. The first kappa shape index (κ1) is 12.8. The second-order valence-electron chi connectivity index (χ2n) is 3.36. The van der Waals surface area contributed by atoms with Crippen LogP contribution in [-0.4, -0.2) is 34.5 Å². The van der Waals surface area contributed by atoms with E-state index < -0.39 is 0 Å². The zero-order valence-corrected chi connectivity index (χ0v) is 10.1. The van der Waals surface area contributed by atoms with Crippen LogP contribution in [0.2, 0.25) is 0 Å². The van der Waals surface area contributed by atoms with Gasteiger partial charge in [-0.25, -0.2) is 0 Å². The standard InChI is InChI=1S/C12H19NO3/c1-13-9-10-4-5-11(12(8-10)15-3)16-7-6-14-2/h4-5,8,13H,6-7,9H2,1-3H3. The predicted molar refractivity (Wildman–Crippen MR) is 63.1 cm³/mol. The summed E-state index contributed by atoms with van der Waals surface area (Å²) < 4.78 is 15.7. The lowest BCUT2D eigenvalue weighted by Gasteiger charge is -2.11. The summed E-state index contributed by atoms with van der Waals surface area (Å²) in [6, 6.07) is 5.90. The highest BCUT2D eigenvalue weighted by molar-refractivity contribution is 5.42. The maximum absolute atomic E-state index is 5.53. The van der Waals surface area contributed by atoms with Gasteiger partial charge in [-0.2, -0.15) is 0 Å². The first-order chi connectivity index (χ1) is 7.81. The number of ether oxygens (including phenoxy) is 3. The van der Waals surface area contributed by atoms with Gasteiger partial charge < -0.3 is 19.5 Å². The summed E-state index contributed by atoms with van der Waals surface area (Å²) in [6.07, 6.45) is 0. The molecular formula is C12H19NO3. The summed E-state index contributed by atoms with van der Waals surface area (Å²) in [4.78, 5) is 0. The molecule has 0 bridgehead atoms. The molecule has 0 aliphatic rings. The lowest BCUT2D eigenvalue weighted by Crippen LogP contribution is -2.07. The van der Waals surface area contributed by atoms with Gasteiger partial charge in [-0.1, -0.05) is 6.07 Å². The van der Waals surface area contributed by atoms with Crippen LogP contribution in [0.5, 0.6) is 11.5 Å². The molecule has 1 rings (SSSR count). The average Bonchev–Trinajstić information content (AvgIpc) is 2.31. The van der Waals surface area contributed by atoms with Gasteiger partial charge in [-0.3, -0.25) is 0 Å². The Kier molecular flexibility index (Phi) is 5.67. The molecule has 16 heavy (non-hydrogen) atoms. The van der Waals surface area contributed by atoms with Crippen molar-refractivity contribution >= 4 is 0 Å². The summed E-state index contributed by atoms with van der Waals surface area (Å²) in [5.41, 5.74) is 1.17. The molecule has 1 aromatic carbocycles. The molecule has 0 aromatic heterocycles. The maximum Gasteiger partial charge on any atom is 0.161 e. The van der Waals surface area contributed by atoms with Crippen LogP contribution in [0.25, 0.3) is 0 Å². The van der Waals surface area contributed by atoms with Crippen LogP contribution >= 0.6 is 0 Å². The van der Waals surface area contributed by atoms with Gasteiger partial charge in [0.25, 0.3) is 0 Å². The summed E-state index contributed by atoms with van der Waals surface area (Å²) in [5.74, 6) is 1.50. The topological polar surface area (TPSA) is 39.7 Å². The van der Waals surface area contributed by atoms with Crippen molar-refractivity contribution in [2.24, 2.45) is 0 Å². The Labute approximate surface area is 96.5 Å². The number of nitrogens with one attached hydrogen (secondary N) is 1. The molecular weight excluding hydrogens is 206 g/mol. The molecule has 0 spiro atoms. The van der Waals surface area contributed by atoms with Crippen LogP contribution in [0.1, 0.15) is 5.56 Å². The van der Waals surface area contributed by atoms with Crippen LogP contribution < -0.4 is 14.8 Å². The summed E-state index contributed by atoms with van der Waals surface area (Å²) in [7, 11) is 5.20. The van der Waals surface area contributed by atoms with Gasteiger partial charge in [0.2, 0.25) is 0 Å². The van der Waals surface area contributed by atoms with E-state index in [2.05, 4.69) is 5.32 Å². The van der Waals surface area contributed by atoms with E-state index in [0.29, 0.717) is 13.2 Å². The first-order valence-corrected chi connectivity index (χ1v) is 5.25. The Morgan fingerprint density at radius 1 is 1.12 bits per heavy atom. The summed E-state index contributed by atoms with van der Waals surface area (Å²) >= 11 is 0. The molecule has 4 heteroatoms. The van der Waals surface area contributed by atoms with Crippen LogP contribution in [0.4, 0.5) is 0 Å². The molecule has 0 saturated heterocycles. The highest BCUT2D eigenvalue weighted by Gasteiger charge is 2.05. The Balaban J connectivity index is 2.68. The second kappa shape index (κ2) is 7.09. The Hall–Kier alpha value is -1.26. The SMILES string of the molecule is CNCc1ccc(OCCOC)c(OC)c1. The van der Waals surface area contributed by atoms with E-state index in [1.807, 2.05) is 25.2 Å². The monoisotopic (exact) mass is 225 g/mol. The molecule has 1 N–H and O–H groups in total. The van der Waals surface area contributed by atoms with Gasteiger partial charge in [0, 0.05) is 13.7 Å². The Morgan fingerprint density at radius 3 is 2.56 bits per heavy atom. The van der Waals surface area contributed by atoms with Crippen molar-refractivity contribution < 1.29 is 14.2 Å². The fourth-order valence-corrected chi connectivity index (χ4v) is 1.38. The quantitative estimate of drug-likeness (QED) is 0.713. The molecule has 0 unspecified atom stereocenters. The number of hydrogen-bond donors (Lipinski definition) is 1. The highest BCUT2D eigenvalue weighted by atomic mass is 16.5. The predicted octanol–water partition coefficient (Wildman–Crippen LogP) is 1.44. The molecule has 0 heterocycles. The first-order valence-electron chi connectivity index (χ1n) is 5.25. The lowest BCUT2D eigenvalue weighted by atomic mass is 10.2. The zero-order chi connectivity index (χ0) is 11.8. The van der Waals surface area contributed by atoms with E-state index in [1.165, 1.54) is 5.56 Å². The molecule has 0 aliphatic heterocycles. The van der Waals surface area contributed by atoms with Crippen molar-refractivity contribution in [1.29, 1.82) is 0 Å². The molecule has 0 atom stereocenters. The fourth-order valence-electron chi connectivity index (χ4n) is 1.38. The van der Waals surface area contributed by atoms with Crippen molar-refractivity contribution in [2.45, 2.75) is 6.54 Å². The third-order valence-corrected chi connectivity index (χ3v) is 2.15. The van der Waals surface area contributed by atoms with E-state index in [9.17, 15) is 0 Å². The van der Waals surface area contributed by atoms with Crippen molar-refractivity contribution in [2.75, 3.05) is 34.5 Å². The Morgan fingerprint density at radius 2 is 1.94 bits per heavy atom. The normalized spacial score (nSPS) is 10.2. The minimum Gasteiger partial charge on any atom is -0.493 e. The average molecular weight is 225 g/mol. The number of methoxy groups -OCH3 is 2. The van der Waals surface area contributed by atoms with E-state index >= 15 is 0 Å². The van der Waals surface area contributed by atoms with Crippen molar-refractivity contribution in [1.82, 2.24) is 5.32 Å². The van der Waals surface area contributed by atoms with Crippen molar-refractivity contribution in [3.63, 3.8) is 0 Å². The van der Waals surface area contributed by atoms with Crippen LogP contribution in [0, 0.1) is 0 Å². The van der Waals surface area contributed by atoms with Gasteiger partial charge in [-0.15, -0.1) is 0 Å². The number of rotatable bonds is 7. The van der Waals surface area contributed by atoms with Gasteiger partial charge >= 0.3 is 0 Å². The number of benzene rings is 1. The molecule has 1 aromatic rings. The van der Waals surface area contributed by atoms with Gasteiger partial charge in [0.15, 0.2) is 11.5 Å². The van der Waals surface area contributed by atoms with Gasteiger partial charge in [0.05, 0.1) is 13.7 Å². The summed E-state index contributed by atoms with van der Waals surface area (Å²) in [6.45, 7) is 1.91. The third-order valence-electron chi connectivity index (χ3n) is 2.15. The number of hydrogen-bond acceptors (Lipinski definition) is 4. The smallest absolute Gasteiger partial charge is 0.161 e. The second-order valence-corrected chi connectivity index (χ2v) is 3.36. The summed E-state index contributed by atoms with van der Waals surface area (Å²) in [5, 5.41) is 3.09. The van der Waals surface area contributed by atoms with Crippen molar-refractivity contribution in [3.05, 3.63) is 23.8 Å². The fraction of sp³-hybridized carbons (Fsp3) is 0.500. The maximum atomic E-state index is 5.53.